The highest BCUT2D eigenvalue weighted by atomic mass is 35.5. The lowest BCUT2D eigenvalue weighted by molar-refractivity contribution is 0.320. The Morgan fingerprint density at radius 2 is 2.08 bits per heavy atom. The Morgan fingerprint density at radius 1 is 1.42 bits per heavy atom. The molecule has 0 atom stereocenters. The van der Waals surface area contributed by atoms with Gasteiger partial charge in [-0.25, -0.2) is 8.78 Å². The molecule has 1 rings (SSSR count). The normalized spacial score (nSPS) is 11.8. The van der Waals surface area contributed by atoms with Gasteiger partial charge < -0.3 is 5.21 Å². The van der Waals surface area contributed by atoms with Crippen molar-refractivity contribution >= 4 is 16.8 Å². The molecule has 12 heavy (non-hydrogen) atoms. The van der Waals surface area contributed by atoms with E-state index in [-0.39, 0.29) is 5.56 Å². The van der Waals surface area contributed by atoms with Crippen molar-refractivity contribution in [2.45, 2.75) is 0 Å². The molecule has 1 N–H and O–H groups in total. The molecule has 0 amide bonds. The minimum absolute atomic E-state index is 0.265. The maximum absolute atomic E-state index is 12.8. The van der Waals surface area contributed by atoms with E-state index >= 15 is 0 Å². The second-order valence-corrected chi connectivity index (χ2v) is 2.37. The predicted octanol–water partition coefficient (Wildman–Crippen LogP) is 2.34. The summed E-state index contributed by atoms with van der Waals surface area (Å²) in [6.45, 7) is 0. The van der Waals surface area contributed by atoms with Crippen molar-refractivity contribution < 1.29 is 14.0 Å². The summed E-state index contributed by atoms with van der Waals surface area (Å²) in [5.74, 6) is -1.38. The fraction of sp³-hybridized carbons (Fsp3) is 0. The van der Waals surface area contributed by atoms with Crippen molar-refractivity contribution in [2.75, 3.05) is 0 Å². The lowest BCUT2D eigenvalue weighted by atomic mass is 10.2. The van der Waals surface area contributed by atoms with Gasteiger partial charge in [-0.3, -0.25) is 0 Å². The Bertz CT molecular complexity index is 327. The van der Waals surface area contributed by atoms with Crippen LogP contribution >= 0.6 is 11.6 Å². The van der Waals surface area contributed by atoms with Crippen molar-refractivity contribution in [1.82, 2.24) is 0 Å². The van der Waals surface area contributed by atoms with E-state index in [2.05, 4.69) is 5.16 Å². The van der Waals surface area contributed by atoms with Crippen molar-refractivity contribution in [3.05, 3.63) is 35.4 Å². The Kier molecular flexibility index (Phi) is 2.60. The number of hydrogen-bond donors (Lipinski definition) is 1. The fourth-order valence-electron chi connectivity index (χ4n) is 0.709. The first-order chi connectivity index (χ1) is 5.65. The van der Waals surface area contributed by atoms with Crippen molar-refractivity contribution in [3.63, 3.8) is 0 Å². The lowest BCUT2D eigenvalue weighted by Gasteiger charge is -1.97. The van der Waals surface area contributed by atoms with Crippen LogP contribution in [-0.2, 0) is 0 Å². The third-order valence-corrected chi connectivity index (χ3v) is 1.52. The molecule has 0 heterocycles. The zero-order valence-corrected chi connectivity index (χ0v) is 6.52. The van der Waals surface area contributed by atoms with Gasteiger partial charge >= 0.3 is 0 Å². The van der Waals surface area contributed by atoms with Crippen LogP contribution < -0.4 is 0 Å². The van der Waals surface area contributed by atoms with Crippen LogP contribution in [0.15, 0.2) is 23.4 Å². The standard InChI is InChI=1S/C7H4ClF2NO/c8-7(11-12)5-3-4(9)1-2-6(5)10/h1-3,12H/b11-7+. The zero-order chi connectivity index (χ0) is 9.14. The summed E-state index contributed by atoms with van der Waals surface area (Å²) in [6, 6.07) is 2.69. The summed E-state index contributed by atoms with van der Waals surface area (Å²) in [4.78, 5) is 0. The van der Waals surface area contributed by atoms with Crippen LogP contribution in [0.1, 0.15) is 5.56 Å². The lowest BCUT2D eigenvalue weighted by Crippen LogP contribution is -1.96. The Hall–Kier alpha value is -1.16. The van der Waals surface area contributed by atoms with E-state index in [1.54, 1.807) is 0 Å². The fourth-order valence-corrected chi connectivity index (χ4v) is 0.854. The topological polar surface area (TPSA) is 32.6 Å². The highest BCUT2D eigenvalue weighted by Crippen LogP contribution is 2.12. The average molecular weight is 192 g/mol. The van der Waals surface area contributed by atoms with Gasteiger partial charge in [-0.2, -0.15) is 0 Å². The van der Waals surface area contributed by atoms with Crippen LogP contribution in [0.4, 0.5) is 8.78 Å². The summed E-state index contributed by atoms with van der Waals surface area (Å²) in [5, 5.41) is 10.2. The SMILES string of the molecule is O/N=C(/Cl)c1cc(F)ccc1F. The molecule has 1 aromatic carbocycles. The molecule has 0 bridgehead atoms. The highest BCUT2D eigenvalue weighted by Gasteiger charge is 2.08. The molecule has 0 aliphatic rings. The largest absolute Gasteiger partial charge is 0.410 e. The van der Waals surface area contributed by atoms with E-state index in [9.17, 15) is 8.78 Å². The molecule has 0 radical (unpaired) electrons. The molecule has 1 aromatic rings. The Balaban J connectivity index is 3.23. The maximum atomic E-state index is 12.8. The summed E-state index contributed by atoms with van der Waals surface area (Å²) >= 11 is 5.26. The first kappa shape index (κ1) is 8.93. The van der Waals surface area contributed by atoms with Gasteiger partial charge in [0.15, 0.2) is 5.17 Å². The average Bonchev–Trinajstić information content (AvgIpc) is 2.08. The molecular weight excluding hydrogens is 188 g/mol. The van der Waals surface area contributed by atoms with Gasteiger partial charge in [0.25, 0.3) is 0 Å². The van der Waals surface area contributed by atoms with E-state index in [0.29, 0.717) is 0 Å². The molecule has 2 nitrogen and oxygen atoms in total. The first-order valence-corrected chi connectivity index (χ1v) is 3.36. The van der Waals surface area contributed by atoms with Gasteiger partial charge in [0.05, 0.1) is 5.56 Å². The van der Waals surface area contributed by atoms with Crippen LogP contribution in [0.3, 0.4) is 0 Å². The molecule has 0 aliphatic heterocycles. The monoisotopic (exact) mass is 191 g/mol. The number of oxime groups is 1. The number of hydrogen-bond acceptors (Lipinski definition) is 2. The molecule has 0 aliphatic carbocycles. The minimum Gasteiger partial charge on any atom is -0.410 e. The molecule has 0 aromatic heterocycles. The van der Waals surface area contributed by atoms with Gasteiger partial charge in [-0.15, -0.1) is 0 Å². The van der Waals surface area contributed by atoms with Crippen LogP contribution in [0.2, 0.25) is 0 Å². The number of rotatable bonds is 1. The molecule has 0 fully saturated rings. The van der Waals surface area contributed by atoms with Crippen LogP contribution in [-0.4, -0.2) is 10.4 Å². The van der Waals surface area contributed by atoms with E-state index in [1.807, 2.05) is 0 Å². The van der Waals surface area contributed by atoms with Gasteiger partial charge in [-0.1, -0.05) is 16.8 Å². The third-order valence-electron chi connectivity index (χ3n) is 1.24. The van der Waals surface area contributed by atoms with Crippen LogP contribution in [0, 0.1) is 11.6 Å². The van der Waals surface area contributed by atoms with Gasteiger partial charge in [0.2, 0.25) is 0 Å². The first-order valence-electron chi connectivity index (χ1n) is 2.98. The van der Waals surface area contributed by atoms with Crippen molar-refractivity contribution in [2.24, 2.45) is 5.16 Å². The van der Waals surface area contributed by atoms with E-state index in [1.165, 1.54) is 0 Å². The Morgan fingerprint density at radius 3 is 2.67 bits per heavy atom. The molecule has 0 saturated heterocycles. The van der Waals surface area contributed by atoms with E-state index < -0.39 is 16.8 Å². The highest BCUT2D eigenvalue weighted by molar-refractivity contribution is 6.69. The molecule has 0 unspecified atom stereocenters. The number of benzene rings is 1. The summed E-state index contributed by atoms with van der Waals surface area (Å²) in [6.07, 6.45) is 0. The molecule has 0 spiro atoms. The second-order valence-electron chi connectivity index (χ2n) is 2.01. The molecule has 0 saturated carbocycles. The molecular formula is C7H4ClF2NO. The predicted molar refractivity (Wildman–Crippen MR) is 40.5 cm³/mol. The molecule has 64 valence electrons. The second kappa shape index (κ2) is 3.49. The summed E-state index contributed by atoms with van der Waals surface area (Å²) in [7, 11) is 0. The maximum Gasteiger partial charge on any atom is 0.178 e. The van der Waals surface area contributed by atoms with Crippen LogP contribution in [0.25, 0.3) is 0 Å². The summed E-state index contributed by atoms with van der Waals surface area (Å²) in [5.41, 5.74) is -0.265. The van der Waals surface area contributed by atoms with Crippen molar-refractivity contribution in [3.8, 4) is 0 Å². The number of nitrogens with zero attached hydrogens (tertiary/aromatic N) is 1. The molecule has 5 heteroatoms. The van der Waals surface area contributed by atoms with E-state index in [4.69, 9.17) is 16.8 Å². The van der Waals surface area contributed by atoms with Gasteiger partial charge in [0, 0.05) is 0 Å². The quantitative estimate of drug-likeness (QED) is 0.413. The van der Waals surface area contributed by atoms with Gasteiger partial charge in [0.1, 0.15) is 11.6 Å². The van der Waals surface area contributed by atoms with Gasteiger partial charge in [-0.05, 0) is 18.2 Å². The third kappa shape index (κ3) is 1.71. The Labute approximate surface area is 72.1 Å². The van der Waals surface area contributed by atoms with Crippen LogP contribution in [0.5, 0.6) is 0 Å². The summed E-state index contributed by atoms with van der Waals surface area (Å²) < 4.78 is 25.2. The smallest absolute Gasteiger partial charge is 0.178 e. The number of halogens is 3. The zero-order valence-electron chi connectivity index (χ0n) is 5.76. The minimum atomic E-state index is -0.737. The van der Waals surface area contributed by atoms with E-state index in [0.717, 1.165) is 18.2 Å². The van der Waals surface area contributed by atoms with Crippen molar-refractivity contribution in [1.29, 1.82) is 0 Å².